The first-order chi connectivity index (χ1) is 19.7. The van der Waals surface area contributed by atoms with E-state index in [-0.39, 0.29) is 22.3 Å². The second-order valence-corrected chi connectivity index (χ2v) is 11.8. The van der Waals surface area contributed by atoms with Gasteiger partial charge in [0.05, 0.1) is 0 Å². The maximum atomic E-state index is 13.1. The average Bonchev–Trinajstić information content (AvgIpc) is 3.01. The lowest BCUT2D eigenvalue weighted by molar-refractivity contribution is -0.121. The molecular weight excluding hydrogens is 533 g/mol. The molecule has 6 heteroatoms. The van der Waals surface area contributed by atoms with Crippen LogP contribution in [0.1, 0.15) is 47.3 Å². The molecule has 0 fully saturated rings. The predicted octanol–water partition coefficient (Wildman–Crippen LogP) is 7.85. The largest absolute Gasteiger partial charge is 0.355 e. The Labute approximate surface area is 246 Å². The van der Waals surface area contributed by atoms with Gasteiger partial charge >= 0.3 is 0 Å². The summed E-state index contributed by atoms with van der Waals surface area (Å²) in [5.74, 6) is 0.0744. The van der Waals surface area contributed by atoms with Crippen LogP contribution in [-0.2, 0) is 9.59 Å². The van der Waals surface area contributed by atoms with E-state index in [2.05, 4.69) is 10.6 Å². The fourth-order valence-corrected chi connectivity index (χ4v) is 6.42. The Balaban J connectivity index is 1.17. The zero-order chi connectivity index (χ0) is 27.8. The van der Waals surface area contributed by atoms with Gasteiger partial charge in [-0.3, -0.25) is 9.59 Å². The number of nitrogens with one attached hydrogen (secondary N) is 2. The monoisotopic (exact) mass is 568 g/mol. The van der Waals surface area contributed by atoms with Crippen molar-refractivity contribution in [3.8, 4) is 0 Å². The number of carbonyl (C=O) groups excluding carboxylic acids is 2. The van der Waals surface area contributed by atoms with Crippen molar-refractivity contribution >= 4 is 35.3 Å². The number of hydrogen-bond donors (Lipinski definition) is 2. The van der Waals surface area contributed by atoms with E-state index in [4.69, 9.17) is 0 Å². The molecule has 206 valence electrons. The summed E-state index contributed by atoms with van der Waals surface area (Å²) in [6, 6.07) is 40.0. The molecule has 4 aromatic carbocycles. The number of amides is 2. The minimum absolute atomic E-state index is 0.0372. The third kappa shape index (κ3) is 9.61. The molecule has 0 aliphatic heterocycles. The van der Waals surface area contributed by atoms with Gasteiger partial charge < -0.3 is 10.6 Å². The molecule has 0 bridgehead atoms. The van der Waals surface area contributed by atoms with E-state index in [1.807, 2.05) is 121 Å². The Hall–Kier alpha value is -3.48. The molecule has 0 saturated carbocycles. The number of benzene rings is 4. The highest BCUT2D eigenvalue weighted by Crippen LogP contribution is 2.36. The molecule has 0 saturated heterocycles. The zero-order valence-corrected chi connectivity index (χ0v) is 24.2. The van der Waals surface area contributed by atoms with E-state index in [9.17, 15) is 9.59 Å². The van der Waals surface area contributed by atoms with Gasteiger partial charge in [0.25, 0.3) is 0 Å². The molecule has 0 radical (unpaired) electrons. The van der Waals surface area contributed by atoms with Crippen molar-refractivity contribution in [3.63, 3.8) is 0 Å². The zero-order valence-electron chi connectivity index (χ0n) is 22.6. The van der Waals surface area contributed by atoms with Crippen LogP contribution in [-0.4, -0.2) is 24.9 Å². The molecule has 4 rings (SSSR count). The third-order valence-electron chi connectivity index (χ3n) is 6.38. The van der Waals surface area contributed by atoms with Gasteiger partial charge in [-0.1, -0.05) is 110 Å². The first-order valence-electron chi connectivity index (χ1n) is 13.8. The van der Waals surface area contributed by atoms with Gasteiger partial charge in [0, 0.05) is 22.9 Å². The molecule has 4 nitrogen and oxygen atoms in total. The second kappa shape index (κ2) is 16.6. The topological polar surface area (TPSA) is 58.2 Å². The van der Waals surface area contributed by atoms with Gasteiger partial charge in [0.2, 0.25) is 11.8 Å². The first kappa shape index (κ1) is 29.5. The van der Waals surface area contributed by atoms with Gasteiger partial charge in [-0.15, -0.1) is 23.5 Å². The summed E-state index contributed by atoms with van der Waals surface area (Å²) in [6.45, 7) is 1.29. The van der Waals surface area contributed by atoms with Crippen molar-refractivity contribution in [2.75, 3.05) is 13.1 Å². The van der Waals surface area contributed by atoms with Crippen molar-refractivity contribution in [2.24, 2.45) is 0 Å². The number of carbonyl (C=O) groups is 2. The van der Waals surface area contributed by atoms with Crippen LogP contribution in [0.3, 0.4) is 0 Å². The Morgan fingerprint density at radius 1 is 0.475 bits per heavy atom. The van der Waals surface area contributed by atoms with Crippen molar-refractivity contribution in [2.45, 2.75) is 46.0 Å². The van der Waals surface area contributed by atoms with Crippen LogP contribution in [0.15, 0.2) is 131 Å². The second-order valence-electron chi connectivity index (χ2n) is 9.44. The SMILES string of the molecule is O=C(NCCCCCCNC(=O)C(Sc1ccccc1)c1ccccc1)C(Sc1ccccc1)c1ccccc1. The van der Waals surface area contributed by atoms with Gasteiger partial charge in [-0.2, -0.15) is 0 Å². The number of hydrogen-bond acceptors (Lipinski definition) is 4. The molecule has 2 amide bonds. The Bertz CT molecular complexity index is 1190. The van der Waals surface area contributed by atoms with E-state index in [0.29, 0.717) is 13.1 Å². The highest BCUT2D eigenvalue weighted by molar-refractivity contribution is 8.00. The summed E-state index contributed by atoms with van der Waals surface area (Å²) in [5.41, 5.74) is 2.01. The predicted molar refractivity (Wildman–Crippen MR) is 167 cm³/mol. The fraction of sp³-hybridized carbons (Fsp3) is 0.235. The van der Waals surface area contributed by atoms with Crippen molar-refractivity contribution < 1.29 is 9.59 Å². The van der Waals surface area contributed by atoms with Gasteiger partial charge in [-0.05, 0) is 48.2 Å². The maximum Gasteiger partial charge on any atom is 0.237 e. The van der Waals surface area contributed by atoms with Gasteiger partial charge in [-0.25, -0.2) is 0 Å². The minimum atomic E-state index is -0.287. The van der Waals surface area contributed by atoms with Crippen LogP contribution in [0.5, 0.6) is 0 Å². The lowest BCUT2D eigenvalue weighted by Gasteiger charge is -2.17. The Kier molecular flexibility index (Phi) is 12.2. The van der Waals surface area contributed by atoms with Crippen molar-refractivity contribution in [1.82, 2.24) is 10.6 Å². The molecule has 0 heterocycles. The Morgan fingerprint density at radius 2 is 0.800 bits per heavy atom. The smallest absolute Gasteiger partial charge is 0.237 e. The molecule has 2 atom stereocenters. The van der Waals surface area contributed by atoms with E-state index in [1.165, 1.54) is 0 Å². The third-order valence-corrected chi connectivity index (χ3v) is 8.91. The van der Waals surface area contributed by atoms with E-state index < -0.39 is 0 Å². The van der Waals surface area contributed by atoms with Gasteiger partial charge in [0.15, 0.2) is 0 Å². The summed E-state index contributed by atoms with van der Waals surface area (Å²) < 4.78 is 0. The highest BCUT2D eigenvalue weighted by atomic mass is 32.2. The summed E-state index contributed by atoms with van der Waals surface area (Å²) in [6.07, 6.45) is 3.82. The molecule has 2 N–H and O–H groups in total. The van der Waals surface area contributed by atoms with E-state index in [0.717, 1.165) is 46.6 Å². The van der Waals surface area contributed by atoms with Crippen LogP contribution in [0.4, 0.5) is 0 Å². The lowest BCUT2D eigenvalue weighted by Crippen LogP contribution is -2.29. The van der Waals surface area contributed by atoms with Crippen LogP contribution < -0.4 is 10.6 Å². The Morgan fingerprint density at radius 3 is 1.15 bits per heavy atom. The molecule has 2 unspecified atom stereocenters. The van der Waals surface area contributed by atoms with Crippen LogP contribution >= 0.6 is 23.5 Å². The number of thioether (sulfide) groups is 2. The molecule has 0 aliphatic rings. The van der Waals surface area contributed by atoms with Crippen LogP contribution in [0.2, 0.25) is 0 Å². The van der Waals surface area contributed by atoms with E-state index in [1.54, 1.807) is 23.5 Å². The van der Waals surface area contributed by atoms with Crippen LogP contribution in [0.25, 0.3) is 0 Å². The lowest BCUT2D eigenvalue weighted by atomic mass is 10.1. The molecule has 4 aromatic rings. The number of rotatable bonds is 15. The average molecular weight is 569 g/mol. The summed E-state index contributed by atoms with van der Waals surface area (Å²) in [7, 11) is 0. The van der Waals surface area contributed by atoms with Crippen LogP contribution in [0, 0.1) is 0 Å². The normalized spacial score (nSPS) is 12.3. The maximum absolute atomic E-state index is 13.1. The fourth-order valence-electron chi connectivity index (χ4n) is 4.28. The summed E-state index contributed by atoms with van der Waals surface area (Å²) in [5, 5.41) is 5.70. The quantitative estimate of drug-likeness (QED) is 0.113. The summed E-state index contributed by atoms with van der Waals surface area (Å²) >= 11 is 3.15. The van der Waals surface area contributed by atoms with Gasteiger partial charge in [0.1, 0.15) is 10.5 Å². The standard InChI is InChI=1S/C34H36N2O2S2/c37-33(31(27-17-7-3-8-18-27)39-29-21-11-5-12-22-29)35-25-15-1-2-16-26-36-34(38)32(28-19-9-4-10-20-28)40-30-23-13-6-14-24-30/h3-14,17-24,31-32H,1-2,15-16,25-26H2,(H,35,37)(H,36,38). The molecule has 40 heavy (non-hydrogen) atoms. The van der Waals surface area contributed by atoms with E-state index >= 15 is 0 Å². The molecule has 0 aliphatic carbocycles. The molecular formula is C34H36N2O2S2. The minimum Gasteiger partial charge on any atom is -0.355 e. The molecule has 0 aromatic heterocycles. The highest BCUT2D eigenvalue weighted by Gasteiger charge is 2.22. The van der Waals surface area contributed by atoms with Crippen molar-refractivity contribution in [3.05, 3.63) is 132 Å². The number of unbranched alkanes of at least 4 members (excludes halogenated alkanes) is 3. The summed E-state index contributed by atoms with van der Waals surface area (Å²) in [4.78, 5) is 28.3. The van der Waals surface area contributed by atoms with Crippen molar-refractivity contribution in [1.29, 1.82) is 0 Å². The first-order valence-corrected chi connectivity index (χ1v) is 15.6. The molecule has 0 spiro atoms.